The van der Waals surface area contributed by atoms with Crippen LogP contribution in [-0.2, 0) is 10.0 Å². The van der Waals surface area contributed by atoms with Crippen molar-refractivity contribution >= 4 is 44.3 Å². The molecule has 1 fully saturated rings. The summed E-state index contributed by atoms with van der Waals surface area (Å²) >= 11 is 3.27. The van der Waals surface area contributed by atoms with Crippen molar-refractivity contribution in [2.24, 2.45) is 0 Å². The average Bonchev–Trinajstić information content (AvgIpc) is 2.45. The molecule has 1 N–H and O–H groups in total. The fourth-order valence-corrected chi connectivity index (χ4v) is 4.27. The van der Waals surface area contributed by atoms with Crippen LogP contribution in [0.3, 0.4) is 0 Å². The predicted molar refractivity (Wildman–Crippen MR) is 95.6 cm³/mol. The first-order chi connectivity index (χ1) is 10.2. The van der Waals surface area contributed by atoms with E-state index in [4.69, 9.17) is 0 Å². The van der Waals surface area contributed by atoms with Crippen LogP contribution in [0.1, 0.15) is 17.3 Å². The molecule has 1 amide bonds. The van der Waals surface area contributed by atoms with E-state index < -0.39 is 10.0 Å². The summed E-state index contributed by atoms with van der Waals surface area (Å²) in [5.74, 6) is -0.0807. The second-order valence-electron chi connectivity index (χ2n) is 5.54. The highest BCUT2D eigenvalue weighted by Crippen LogP contribution is 2.25. The number of nitrogens with zero attached hydrogens (tertiary/aromatic N) is 2. The quantitative estimate of drug-likeness (QED) is 0.796. The van der Waals surface area contributed by atoms with Crippen LogP contribution in [0.15, 0.2) is 27.6 Å². The molecule has 0 aromatic heterocycles. The number of amides is 1. The first kappa shape index (κ1) is 20.4. The molecule has 2 rings (SSSR count). The Morgan fingerprint density at radius 3 is 2.57 bits per heavy atom. The molecule has 1 aliphatic rings. The SMILES string of the molecule is CC1CN(C(=O)c2ccc(S(=O)(=O)N(C)C)c(Br)c2)CCN1.Cl. The van der Waals surface area contributed by atoms with E-state index in [1.54, 1.807) is 17.0 Å². The largest absolute Gasteiger partial charge is 0.336 e. The molecule has 1 heterocycles. The van der Waals surface area contributed by atoms with Crippen molar-refractivity contribution in [3.8, 4) is 0 Å². The van der Waals surface area contributed by atoms with Gasteiger partial charge in [0.15, 0.2) is 0 Å². The van der Waals surface area contributed by atoms with E-state index in [1.807, 2.05) is 6.92 Å². The van der Waals surface area contributed by atoms with Gasteiger partial charge in [0.25, 0.3) is 5.91 Å². The molecule has 1 atom stereocenters. The fraction of sp³-hybridized carbons (Fsp3) is 0.500. The Kier molecular flexibility index (Phi) is 7.03. The third kappa shape index (κ3) is 4.45. The first-order valence-corrected chi connectivity index (χ1v) is 9.21. The van der Waals surface area contributed by atoms with Gasteiger partial charge in [0.1, 0.15) is 0 Å². The monoisotopic (exact) mass is 425 g/mol. The van der Waals surface area contributed by atoms with Crippen LogP contribution < -0.4 is 5.32 Å². The van der Waals surface area contributed by atoms with Crippen molar-refractivity contribution in [3.05, 3.63) is 28.2 Å². The molecule has 0 saturated carbocycles. The van der Waals surface area contributed by atoms with Gasteiger partial charge >= 0.3 is 0 Å². The Labute approximate surface area is 151 Å². The highest BCUT2D eigenvalue weighted by atomic mass is 79.9. The van der Waals surface area contributed by atoms with Crippen molar-refractivity contribution in [1.82, 2.24) is 14.5 Å². The number of rotatable bonds is 3. The van der Waals surface area contributed by atoms with Gasteiger partial charge in [-0.25, -0.2) is 12.7 Å². The molecule has 130 valence electrons. The van der Waals surface area contributed by atoms with Crippen LogP contribution in [0.2, 0.25) is 0 Å². The minimum absolute atomic E-state index is 0. The number of sulfonamides is 1. The number of benzene rings is 1. The van der Waals surface area contributed by atoms with E-state index in [0.717, 1.165) is 10.8 Å². The highest BCUT2D eigenvalue weighted by Gasteiger charge is 2.24. The van der Waals surface area contributed by atoms with Crippen molar-refractivity contribution in [2.75, 3.05) is 33.7 Å². The van der Waals surface area contributed by atoms with E-state index >= 15 is 0 Å². The van der Waals surface area contributed by atoms with Gasteiger partial charge in [-0.2, -0.15) is 0 Å². The summed E-state index contributed by atoms with van der Waals surface area (Å²) in [7, 11) is -0.582. The van der Waals surface area contributed by atoms with Crippen LogP contribution >= 0.6 is 28.3 Å². The van der Waals surface area contributed by atoms with E-state index in [-0.39, 0.29) is 29.3 Å². The average molecular weight is 427 g/mol. The molecule has 0 bridgehead atoms. The lowest BCUT2D eigenvalue weighted by atomic mass is 10.1. The molecule has 0 spiro atoms. The molecule has 1 unspecified atom stereocenters. The van der Waals surface area contributed by atoms with E-state index in [0.29, 0.717) is 23.1 Å². The van der Waals surface area contributed by atoms with Crippen molar-refractivity contribution in [3.63, 3.8) is 0 Å². The molecular formula is C14H21BrClN3O3S. The summed E-state index contributed by atoms with van der Waals surface area (Å²) in [5.41, 5.74) is 0.485. The van der Waals surface area contributed by atoms with E-state index in [2.05, 4.69) is 21.2 Å². The van der Waals surface area contributed by atoms with Gasteiger partial charge < -0.3 is 10.2 Å². The Bertz CT molecular complexity index is 682. The third-order valence-electron chi connectivity index (χ3n) is 3.59. The van der Waals surface area contributed by atoms with Crippen molar-refractivity contribution < 1.29 is 13.2 Å². The van der Waals surface area contributed by atoms with Gasteiger partial charge in [0, 0.05) is 49.8 Å². The molecule has 1 aliphatic heterocycles. The molecule has 0 aliphatic carbocycles. The highest BCUT2D eigenvalue weighted by molar-refractivity contribution is 9.10. The van der Waals surface area contributed by atoms with Gasteiger partial charge in [0.2, 0.25) is 10.0 Å². The maximum atomic E-state index is 12.5. The lowest BCUT2D eigenvalue weighted by Crippen LogP contribution is -2.51. The Balaban J connectivity index is 0.00000264. The van der Waals surface area contributed by atoms with E-state index in [9.17, 15) is 13.2 Å². The maximum Gasteiger partial charge on any atom is 0.253 e. The topological polar surface area (TPSA) is 69.7 Å². The second-order valence-corrected chi connectivity index (χ2v) is 8.51. The number of nitrogens with one attached hydrogen (secondary N) is 1. The zero-order valence-corrected chi connectivity index (χ0v) is 16.5. The first-order valence-electron chi connectivity index (χ1n) is 6.98. The minimum atomic E-state index is -3.53. The summed E-state index contributed by atoms with van der Waals surface area (Å²) in [6.45, 7) is 4.09. The van der Waals surface area contributed by atoms with Crippen LogP contribution in [0.5, 0.6) is 0 Å². The lowest BCUT2D eigenvalue weighted by Gasteiger charge is -2.32. The van der Waals surface area contributed by atoms with Crippen molar-refractivity contribution in [2.45, 2.75) is 17.9 Å². The lowest BCUT2D eigenvalue weighted by molar-refractivity contribution is 0.0709. The van der Waals surface area contributed by atoms with Crippen LogP contribution in [0, 0.1) is 0 Å². The van der Waals surface area contributed by atoms with Gasteiger partial charge in [-0.3, -0.25) is 4.79 Å². The molecule has 6 nitrogen and oxygen atoms in total. The number of carbonyl (C=O) groups is 1. The fourth-order valence-electron chi connectivity index (χ4n) is 2.34. The van der Waals surface area contributed by atoms with Gasteiger partial charge in [0.05, 0.1) is 4.90 Å². The van der Waals surface area contributed by atoms with Crippen molar-refractivity contribution in [1.29, 1.82) is 0 Å². The predicted octanol–water partition coefficient (Wildman–Crippen LogP) is 1.56. The molecular weight excluding hydrogens is 406 g/mol. The smallest absolute Gasteiger partial charge is 0.253 e. The number of halogens is 2. The van der Waals surface area contributed by atoms with Gasteiger partial charge in [-0.15, -0.1) is 12.4 Å². The molecule has 1 aromatic rings. The molecule has 23 heavy (non-hydrogen) atoms. The number of hydrogen-bond acceptors (Lipinski definition) is 4. The zero-order valence-electron chi connectivity index (χ0n) is 13.2. The summed E-state index contributed by atoms with van der Waals surface area (Å²) in [5, 5.41) is 3.28. The van der Waals surface area contributed by atoms with Gasteiger partial charge in [-0.1, -0.05) is 0 Å². The molecule has 9 heteroatoms. The summed E-state index contributed by atoms with van der Waals surface area (Å²) in [6, 6.07) is 4.87. The maximum absolute atomic E-state index is 12.5. The summed E-state index contributed by atoms with van der Waals surface area (Å²) in [4.78, 5) is 14.4. The Morgan fingerprint density at radius 1 is 1.39 bits per heavy atom. The minimum Gasteiger partial charge on any atom is -0.336 e. The standard InChI is InChI=1S/C14H20BrN3O3S.ClH/c1-10-9-18(7-6-16-10)14(19)11-4-5-13(12(15)8-11)22(20,21)17(2)3;/h4-5,8,10,16H,6-7,9H2,1-3H3;1H. The number of piperazine rings is 1. The number of hydrogen-bond donors (Lipinski definition) is 1. The van der Waals surface area contributed by atoms with Crippen LogP contribution in [0.25, 0.3) is 0 Å². The molecule has 1 aromatic carbocycles. The summed E-state index contributed by atoms with van der Waals surface area (Å²) in [6.07, 6.45) is 0. The van der Waals surface area contributed by atoms with Crippen LogP contribution in [-0.4, -0.2) is 63.3 Å². The van der Waals surface area contributed by atoms with Gasteiger partial charge in [-0.05, 0) is 41.1 Å². The third-order valence-corrected chi connectivity index (χ3v) is 6.39. The second kappa shape index (κ2) is 7.94. The number of carbonyl (C=O) groups excluding carboxylic acids is 1. The zero-order chi connectivity index (χ0) is 16.5. The summed E-state index contributed by atoms with van der Waals surface area (Å²) < 4.78 is 25.9. The molecule has 0 radical (unpaired) electrons. The molecule has 1 saturated heterocycles. The van der Waals surface area contributed by atoms with E-state index in [1.165, 1.54) is 20.2 Å². The van der Waals surface area contributed by atoms with Crippen LogP contribution in [0.4, 0.5) is 0 Å². The Hall–Kier alpha value is -0.670. The normalized spacial score (nSPS) is 18.7. The Morgan fingerprint density at radius 2 is 2.04 bits per heavy atom.